The second-order valence-electron chi connectivity index (χ2n) is 11.0. The number of carbonyl (C=O) groups is 1. The van der Waals surface area contributed by atoms with E-state index in [4.69, 9.17) is 4.74 Å². The Morgan fingerprint density at radius 3 is 2.77 bits per heavy atom. The maximum Gasteiger partial charge on any atom is 0.160 e. The van der Waals surface area contributed by atoms with Gasteiger partial charge in [0.15, 0.2) is 17.2 Å². The van der Waals surface area contributed by atoms with Gasteiger partial charge in [-0.1, -0.05) is 13.0 Å². The number of allylic oxidation sites excluding steroid dienone is 1. The summed E-state index contributed by atoms with van der Waals surface area (Å²) in [5.74, 6) is 2.50. The van der Waals surface area contributed by atoms with Gasteiger partial charge >= 0.3 is 0 Å². The first-order valence-electron chi connectivity index (χ1n) is 13.6. The summed E-state index contributed by atoms with van der Waals surface area (Å²) in [5.41, 5.74) is 4.86. The van der Waals surface area contributed by atoms with Crippen molar-refractivity contribution in [2.45, 2.75) is 32.6 Å². The first-order valence-corrected chi connectivity index (χ1v) is 13.6. The average molecular weight is 535 g/mol. The topological polar surface area (TPSA) is 102 Å². The summed E-state index contributed by atoms with van der Waals surface area (Å²) in [6.07, 6.45) is 12.6. The molecule has 4 aromatic heterocycles. The van der Waals surface area contributed by atoms with Gasteiger partial charge in [-0.05, 0) is 68.2 Å². The number of nitrogens with one attached hydrogen (secondary N) is 1. The summed E-state index contributed by atoms with van der Waals surface area (Å²) in [7, 11) is 0. The molecule has 1 saturated carbocycles. The summed E-state index contributed by atoms with van der Waals surface area (Å²) in [6.45, 7) is 7.60. The van der Waals surface area contributed by atoms with Crippen molar-refractivity contribution in [2.24, 2.45) is 11.3 Å². The number of pyridine rings is 1. The zero-order chi connectivity index (χ0) is 27.3. The Morgan fingerprint density at radius 1 is 1.10 bits per heavy atom. The third kappa shape index (κ3) is 4.25. The molecule has 1 unspecified atom stereocenters. The van der Waals surface area contributed by atoms with Gasteiger partial charge in [-0.3, -0.25) is 4.79 Å². The van der Waals surface area contributed by atoms with Gasteiger partial charge in [0.05, 0.1) is 5.69 Å². The largest absolute Gasteiger partial charge is 0.457 e. The maximum atomic E-state index is 12.3. The summed E-state index contributed by atoms with van der Waals surface area (Å²) in [6, 6.07) is 11.8. The van der Waals surface area contributed by atoms with E-state index in [0.717, 1.165) is 72.0 Å². The number of aromatic nitrogens is 6. The van der Waals surface area contributed by atoms with Crippen LogP contribution in [-0.2, 0) is 4.79 Å². The van der Waals surface area contributed by atoms with Gasteiger partial charge in [0.25, 0.3) is 0 Å². The number of rotatable bonds is 7. The minimum Gasteiger partial charge on any atom is -0.457 e. The molecule has 1 aliphatic heterocycles. The Hall–Kier alpha value is -4.73. The van der Waals surface area contributed by atoms with Crippen LogP contribution >= 0.6 is 0 Å². The van der Waals surface area contributed by atoms with E-state index in [0.29, 0.717) is 5.75 Å². The Labute approximate surface area is 231 Å². The lowest BCUT2D eigenvalue weighted by atomic mass is 9.64. The van der Waals surface area contributed by atoms with Gasteiger partial charge < -0.3 is 15.0 Å². The fourth-order valence-corrected chi connectivity index (χ4v) is 6.33. The van der Waals surface area contributed by atoms with Gasteiger partial charge in [0.2, 0.25) is 0 Å². The van der Waals surface area contributed by atoms with Gasteiger partial charge in [0.1, 0.15) is 29.7 Å². The van der Waals surface area contributed by atoms with Crippen LogP contribution in [0.1, 0.15) is 31.2 Å². The van der Waals surface area contributed by atoms with Crippen molar-refractivity contribution in [2.75, 3.05) is 23.3 Å². The highest BCUT2D eigenvalue weighted by Gasteiger charge is 2.47. The van der Waals surface area contributed by atoms with E-state index < -0.39 is 0 Å². The highest BCUT2D eigenvalue weighted by molar-refractivity contribution is 5.91. The molecule has 0 radical (unpaired) electrons. The van der Waals surface area contributed by atoms with Crippen molar-refractivity contribution in [3.63, 3.8) is 0 Å². The number of ether oxygens (including phenoxy) is 1. The van der Waals surface area contributed by atoms with E-state index in [-0.39, 0.29) is 17.1 Å². The first-order chi connectivity index (χ1) is 19.5. The van der Waals surface area contributed by atoms with Gasteiger partial charge in [-0.15, -0.1) is 0 Å². The van der Waals surface area contributed by atoms with Gasteiger partial charge in [-0.25, -0.2) is 19.0 Å². The Morgan fingerprint density at radius 2 is 1.93 bits per heavy atom. The van der Waals surface area contributed by atoms with Crippen LogP contribution in [0.15, 0.2) is 74.1 Å². The molecule has 10 nitrogen and oxygen atoms in total. The third-order valence-electron chi connectivity index (χ3n) is 8.29. The summed E-state index contributed by atoms with van der Waals surface area (Å²) in [5, 5.41) is 12.1. The van der Waals surface area contributed by atoms with Crippen molar-refractivity contribution in [1.82, 2.24) is 29.2 Å². The fourth-order valence-electron chi connectivity index (χ4n) is 6.33. The Bertz CT molecular complexity index is 1750. The lowest BCUT2D eigenvalue weighted by Gasteiger charge is -2.54. The molecular formula is C30H30N8O2. The van der Waals surface area contributed by atoms with Crippen molar-refractivity contribution in [3.8, 4) is 11.5 Å². The summed E-state index contributed by atoms with van der Waals surface area (Å²) < 4.78 is 9.70. The summed E-state index contributed by atoms with van der Waals surface area (Å²) in [4.78, 5) is 23.5. The second kappa shape index (κ2) is 9.48. The zero-order valence-electron chi connectivity index (χ0n) is 22.3. The number of anilines is 3. The smallest absolute Gasteiger partial charge is 0.160 e. The SMILES string of the molecule is C=CC(=O)C1CCCC2(C1)CN(c1ccn3ncnc(Nc4ccc(Oc5ccn6ncnc6c5)c(C)c4)c13)C2. The quantitative estimate of drug-likeness (QED) is 0.278. The second-order valence-corrected chi connectivity index (χ2v) is 11.0. The molecular weight excluding hydrogens is 504 g/mol. The van der Waals surface area contributed by atoms with Crippen LogP contribution in [0.25, 0.3) is 11.2 Å². The maximum absolute atomic E-state index is 12.3. The van der Waals surface area contributed by atoms with E-state index in [1.54, 1.807) is 10.8 Å². The molecule has 1 spiro atoms. The summed E-state index contributed by atoms with van der Waals surface area (Å²) >= 11 is 0. The van der Waals surface area contributed by atoms with Crippen LogP contribution in [-0.4, -0.2) is 48.1 Å². The number of hydrogen-bond donors (Lipinski definition) is 1. The fraction of sp³-hybridized carbons (Fsp3) is 0.300. The van der Waals surface area contributed by atoms with Crippen LogP contribution in [0.5, 0.6) is 11.5 Å². The van der Waals surface area contributed by atoms with Gasteiger partial charge in [0, 0.05) is 48.6 Å². The van der Waals surface area contributed by atoms with E-state index >= 15 is 0 Å². The number of nitrogens with zero attached hydrogens (tertiary/aromatic N) is 7. The molecule has 0 amide bonds. The van der Waals surface area contributed by atoms with Crippen molar-refractivity contribution in [1.29, 1.82) is 0 Å². The minimum atomic E-state index is 0.112. The Kier molecular flexibility index (Phi) is 5.76. The van der Waals surface area contributed by atoms with Crippen LogP contribution in [0.4, 0.5) is 17.2 Å². The molecule has 5 heterocycles. The molecule has 2 aliphatic rings. The third-order valence-corrected chi connectivity index (χ3v) is 8.29. The molecule has 1 aliphatic carbocycles. The normalized spacial score (nSPS) is 18.1. The lowest BCUT2D eigenvalue weighted by Crippen LogP contribution is -2.58. The van der Waals surface area contributed by atoms with E-state index in [9.17, 15) is 4.79 Å². The number of aryl methyl sites for hydroxylation is 1. The predicted octanol–water partition coefficient (Wildman–Crippen LogP) is 5.37. The van der Waals surface area contributed by atoms with E-state index in [1.807, 2.05) is 54.2 Å². The highest BCUT2D eigenvalue weighted by Crippen LogP contribution is 2.49. The molecule has 0 bridgehead atoms. The molecule has 10 heteroatoms. The number of fused-ring (bicyclic) bond motifs is 2. The van der Waals surface area contributed by atoms with Crippen LogP contribution < -0.4 is 15.0 Å². The van der Waals surface area contributed by atoms with Crippen LogP contribution in [0.3, 0.4) is 0 Å². The molecule has 7 rings (SSSR count). The van der Waals surface area contributed by atoms with Crippen molar-refractivity contribution < 1.29 is 9.53 Å². The van der Waals surface area contributed by atoms with Gasteiger partial charge in [-0.2, -0.15) is 10.2 Å². The molecule has 1 aromatic carbocycles. The van der Waals surface area contributed by atoms with Crippen LogP contribution in [0, 0.1) is 18.3 Å². The number of benzene rings is 1. The van der Waals surface area contributed by atoms with Crippen LogP contribution in [0.2, 0.25) is 0 Å². The van der Waals surface area contributed by atoms with E-state index in [1.165, 1.54) is 18.8 Å². The number of ketones is 1. The zero-order valence-corrected chi connectivity index (χ0v) is 22.3. The van der Waals surface area contributed by atoms with E-state index in [2.05, 4.69) is 43.0 Å². The molecule has 40 heavy (non-hydrogen) atoms. The monoisotopic (exact) mass is 534 g/mol. The number of hydrogen-bond acceptors (Lipinski definition) is 8. The average Bonchev–Trinajstić information content (AvgIpc) is 3.60. The first kappa shape index (κ1) is 24.3. The standard InChI is InChI=1S/C30H30N8O2/c1-3-25(39)21-5-4-10-30(15-21)16-36(17-30)24-9-12-38-28(24)29(32-19-34-38)35-22-6-7-26(20(2)13-22)40-23-8-11-37-27(14-23)31-18-33-37/h3,6-9,11-14,18-19,21H,1,4-5,10,15-17H2,2H3,(H,32,34,35). The molecule has 2 fully saturated rings. The predicted molar refractivity (Wildman–Crippen MR) is 152 cm³/mol. The molecule has 202 valence electrons. The van der Waals surface area contributed by atoms with Crippen molar-refractivity contribution >= 4 is 34.1 Å². The lowest BCUT2D eigenvalue weighted by molar-refractivity contribution is -0.120. The molecule has 1 saturated heterocycles. The highest BCUT2D eigenvalue weighted by atomic mass is 16.5. The molecule has 1 N–H and O–H groups in total. The molecule has 1 atom stereocenters. The molecule has 5 aromatic rings. The number of carbonyl (C=O) groups excluding carboxylic acids is 1. The van der Waals surface area contributed by atoms with Crippen molar-refractivity contribution in [3.05, 3.63) is 79.7 Å². The minimum absolute atomic E-state index is 0.112. The Balaban J connectivity index is 1.10.